The van der Waals surface area contributed by atoms with Crippen LogP contribution < -0.4 is 5.32 Å². The largest absolute Gasteiger partial charge is 0.393 e. The van der Waals surface area contributed by atoms with E-state index in [1.165, 1.54) is 12.8 Å². The van der Waals surface area contributed by atoms with Gasteiger partial charge in [-0.05, 0) is 38.5 Å². The summed E-state index contributed by atoms with van der Waals surface area (Å²) in [6.45, 7) is 8.74. The van der Waals surface area contributed by atoms with Crippen molar-refractivity contribution < 1.29 is 5.11 Å². The fourth-order valence-electron chi connectivity index (χ4n) is 2.66. The van der Waals surface area contributed by atoms with E-state index in [0.717, 1.165) is 6.42 Å². The minimum absolute atomic E-state index is 0.182. The molecule has 1 rings (SSSR count). The van der Waals surface area contributed by atoms with Crippen molar-refractivity contribution in [3.05, 3.63) is 0 Å². The maximum Gasteiger partial charge on any atom is 0.0526 e. The first kappa shape index (κ1) is 11.0. The summed E-state index contributed by atoms with van der Waals surface area (Å²) in [5.74, 6) is 0. The Morgan fingerprint density at radius 3 is 2.54 bits per heavy atom. The van der Waals surface area contributed by atoms with Gasteiger partial charge in [0.25, 0.3) is 0 Å². The van der Waals surface area contributed by atoms with Crippen LogP contribution in [0.25, 0.3) is 0 Å². The quantitative estimate of drug-likeness (QED) is 0.689. The first-order valence-electron chi connectivity index (χ1n) is 5.33. The molecule has 2 nitrogen and oxygen atoms in total. The molecular formula is C11H23NO. The van der Waals surface area contributed by atoms with E-state index in [2.05, 4.69) is 26.1 Å². The summed E-state index contributed by atoms with van der Waals surface area (Å²) >= 11 is 0. The number of nitrogens with one attached hydrogen (secondary N) is 1. The summed E-state index contributed by atoms with van der Waals surface area (Å²) in [6.07, 6.45) is 3.12. The third-order valence-corrected chi connectivity index (χ3v) is 2.80. The topological polar surface area (TPSA) is 32.3 Å². The van der Waals surface area contributed by atoms with Crippen molar-refractivity contribution in [3.8, 4) is 0 Å². The third-order valence-electron chi connectivity index (χ3n) is 2.80. The van der Waals surface area contributed by atoms with Gasteiger partial charge in [-0.1, -0.05) is 13.8 Å². The number of hydrogen-bond donors (Lipinski definition) is 2. The Morgan fingerprint density at radius 2 is 2.08 bits per heavy atom. The van der Waals surface area contributed by atoms with Gasteiger partial charge in [-0.3, -0.25) is 0 Å². The lowest BCUT2D eigenvalue weighted by Gasteiger charge is -2.40. The second kappa shape index (κ2) is 3.97. The second-order valence-electron chi connectivity index (χ2n) is 5.42. The second-order valence-corrected chi connectivity index (χ2v) is 5.42. The average Bonchev–Trinajstić information content (AvgIpc) is 1.78. The van der Waals surface area contributed by atoms with Crippen molar-refractivity contribution in [1.29, 1.82) is 0 Å². The van der Waals surface area contributed by atoms with Gasteiger partial charge in [-0.25, -0.2) is 0 Å². The molecule has 1 heterocycles. The fourth-order valence-corrected chi connectivity index (χ4v) is 2.66. The van der Waals surface area contributed by atoms with Crippen LogP contribution in [0.4, 0.5) is 0 Å². The number of rotatable bonds is 2. The van der Waals surface area contributed by atoms with Crippen molar-refractivity contribution in [2.45, 2.75) is 65.1 Å². The SMILES string of the molecule is CC(O)CC1CC(C)(C)CC(C)N1. The van der Waals surface area contributed by atoms with E-state index in [-0.39, 0.29) is 6.10 Å². The summed E-state index contributed by atoms with van der Waals surface area (Å²) in [4.78, 5) is 0. The van der Waals surface area contributed by atoms with Crippen LogP contribution in [-0.4, -0.2) is 23.3 Å². The Hall–Kier alpha value is -0.0800. The molecule has 3 unspecified atom stereocenters. The minimum Gasteiger partial charge on any atom is -0.393 e. The molecule has 0 saturated carbocycles. The maximum atomic E-state index is 9.32. The highest BCUT2D eigenvalue weighted by Crippen LogP contribution is 2.33. The van der Waals surface area contributed by atoms with Crippen LogP contribution in [0, 0.1) is 5.41 Å². The summed E-state index contributed by atoms with van der Waals surface area (Å²) in [5, 5.41) is 12.9. The number of aliphatic hydroxyl groups excluding tert-OH is 1. The van der Waals surface area contributed by atoms with E-state index in [9.17, 15) is 5.11 Å². The average molecular weight is 185 g/mol. The van der Waals surface area contributed by atoms with Crippen LogP contribution in [-0.2, 0) is 0 Å². The summed E-state index contributed by atoms with van der Waals surface area (Å²) in [5.41, 5.74) is 0.435. The lowest BCUT2D eigenvalue weighted by Crippen LogP contribution is -2.48. The summed E-state index contributed by atoms with van der Waals surface area (Å²) in [7, 11) is 0. The minimum atomic E-state index is -0.182. The first-order valence-corrected chi connectivity index (χ1v) is 5.33. The lowest BCUT2D eigenvalue weighted by molar-refractivity contribution is 0.115. The fraction of sp³-hybridized carbons (Fsp3) is 1.00. The van der Waals surface area contributed by atoms with Gasteiger partial charge in [0.1, 0.15) is 0 Å². The van der Waals surface area contributed by atoms with Crippen molar-refractivity contribution in [2.75, 3.05) is 0 Å². The Bertz CT molecular complexity index is 163. The summed E-state index contributed by atoms with van der Waals surface area (Å²) < 4.78 is 0. The van der Waals surface area contributed by atoms with Gasteiger partial charge < -0.3 is 10.4 Å². The molecule has 0 aromatic heterocycles. The van der Waals surface area contributed by atoms with Gasteiger partial charge in [0, 0.05) is 12.1 Å². The zero-order valence-electron chi connectivity index (χ0n) is 9.30. The van der Waals surface area contributed by atoms with Gasteiger partial charge in [-0.15, -0.1) is 0 Å². The molecule has 0 radical (unpaired) electrons. The Labute approximate surface area is 81.7 Å². The molecule has 0 spiro atoms. The van der Waals surface area contributed by atoms with Crippen molar-refractivity contribution in [3.63, 3.8) is 0 Å². The van der Waals surface area contributed by atoms with E-state index in [0.29, 0.717) is 17.5 Å². The summed E-state index contributed by atoms with van der Waals surface area (Å²) in [6, 6.07) is 1.09. The number of hydrogen-bond acceptors (Lipinski definition) is 2. The molecule has 2 N–H and O–H groups in total. The van der Waals surface area contributed by atoms with Crippen LogP contribution in [0.2, 0.25) is 0 Å². The molecule has 0 amide bonds. The molecule has 3 atom stereocenters. The highest BCUT2D eigenvalue weighted by Gasteiger charge is 2.31. The third kappa shape index (κ3) is 3.65. The van der Waals surface area contributed by atoms with Crippen LogP contribution in [0.15, 0.2) is 0 Å². The van der Waals surface area contributed by atoms with Crippen LogP contribution in [0.1, 0.15) is 47.0 Å². The van der Waals surface area contributed by atoms with Gasteiger partial charge in [0.15, 0.2) is 0 Å². The Kier molecular flexibility index (Phi) is 3.36. The van der Waals surface area contributed by atoms with Gasteiger partial charge in [-0.2, -0.15) is 0 Å². The molecule has 0 bridgehead atoms. The molecule has 1 fully saturated rings. The molecule has 0 aromatic rings. The van der Waals surface area contributed by atoms with Crippen LogP contribution >= 0.6 is 0 Å². The van der Waals surface area contributed by atoms with Crippen molar-refractivity contribution >= 4 is 0 Å². The molecule has 1 aliphatic heterocycles. The molecule has 1 saturated heterocycles. The number of piperidine rings is 1. The molecule has 2 heteroatoms. The smallest absolute Gasteiger partial charge is 0.0526 e. The zero-order valence-corrected chi connectivity index (χ0v) is 9.30. The molecule has 78 valence electrons. The molecular weight excluding hydrogens is 162 g/mol. The predicted octanol–water partition coefficient (Wildman–Crippen LogP) is 1.92. The van der Waals surface area contributed by atoms with E-state index in [1.54, 1.807) is 0 Å². The van der Waals surface area contributed by atoms with E-state index in [1.807, 2.05) is 6.92 Å². The molecule has 13 heavy (non-hydrogen) atoms. The Morgan fingerprint density at radius 1 is 1.46 bits per heavy atom. The Balaban J connectivity index is 2.48. The standard InChI is InChI=1S/C11H23NO/c1-8-6-11(3,4)7-10(12-8)5-9(2)13/h8-10,12-13H,5-7H2,1-4H3. The van der Waals surface area contributed by atoms with Gasteiger partial charge in [0.2, 0.25) is 0 Å². The van der Waals surface area contributed by atoms with Crippen LogP contribution in [0.3, 0.4) is 0 Å². The zero-order chi connectivity index (χ0) is 10.1. The maximum absolute atomic E-state index is 9.32. The highest BCUT2D eigenvalue weighted by molar-refractivity contribution is 4.88. The van der Waals surface area contributed by atoms with Crippen LogP contribution in [0.5, 0.6) is 0 Å². The highest BCUT2D eigenvalue weighted by atomic mass is 16.3. The molecule has 0 aliphatic carbocycles. The first-order chi connectivity index (χ1) is 5.89. The monoisotopic (exact) mass is 185 g/mol. The van der Waals surface area contributed by atoms with E-state index < -0.39 is 0 Å². The number of aliphatic hydroxyl groups is 1. The predicted molar refractivity (Wildman–Crippen MR) is 55.7 cm³/mol. The molecule has 0 aromatic carbocycles. The normalized spacial score (nSPS) is 35.8. The molecule has 1 aliphatic rings. The van der Waals surface area contributed by atoms with E-state index >= 15 is 0 Å². The van der Waals surface area contributed by atoms with E-state index in [4.69, 9.17) is 0 Å². The van der Waals surface area contributed by atoms with Crippen molar-refractivity contribution in [1.82, 2.24) is 5.32 Å². The van der Waals surface area contributed by atoms with Gasteiger partial charge in [0.05, 0.1) is 6.10 Å². The van der Waals surface area contributed by atoms with Crippen molar-refractivity contribution in [2.24, 2.45) is 5.41 Å². The lowest BCUT2D eigenvalue weighted by atomic mass is 9.76. The van der Waals surface area contributed by atoms with Gasteiger partial charge >= 0.3 is 0 Å².